The molecule has 0 radical (unpaired) electrons. The Labute approximate surface area is 229 Å². The summed E-state index contributed by atoms with van der Waals surface area (Å²) in [5, 5.41) is 9.69. The molecule has 1 fully saturated rings. The number of hydrogen-bond donors (Lipinski definition) is 0. The van der Waals surface area contributed by atoms with Crippen molar-refractivity contribution in [2.45, 2.75) is 90.9 Å². The van der Waals surface area contributed by atoms with Crippen LogP contribution in [0.2, 0.25) is 0 Å². The summed E-state index contributed by atoms with van der Waals surface area (Å²) < 4.78 is 38.8. The van der Waals surface area contributed by atoms with Gasteiger partial charge in [0.2, 0.25) is 0 Å². The van der Waals surface area contributed by atoms with Gasteiger partial charge in [-0.25, -0.2) is 8.78 Å². The van der Waals surface area contributed by atoms with Crippen LogP contribution < -0.4 is 4.90 Å². The van der Waals surface area contributed by atoms with Gasteiger partial charge in [0.05, 0.1) is 12.2 Å². The molecule has 6 rings (SSSR count). The highest BCUT2D eigenvalue weighted by atomic mass is 19.3. The van der Waals surface area contributed by atoms with E-state index in [1.165, 1.54) is 11.3 Å². The highest BCUT2D eigenvalue weighted by Gasteiger charge is 2.34. The number of aromatic nitrogens is 4. The molecule has 0 unspecified atom stereocenters. The standard InChI is InChI=1S/C30H40F2N6O/c1-19(2)35-11-7-27-26(18-35)30(34-38(27)23-8-12-39-13-9-23)36-10-5-6-21-14-24(25(29(31)32)15-28(21)36)22-16-33-37(17-22)20(3)4/h14-17,19-20,23,29H,5-13,18H2,1-4H3. The fraction of sp³-hybridized carbons (Fsp3) is 0.600. The van der Waals surface area contributed by atoms with E-state index in [2.05, 4.69) is 33.4 Å². The van der Waals surface area contributed by atoms with Gasteiger partial charge in [0.25, 0.3) is 6.43 Å². The molecule has 0 amide bonds. The number of nitrogens with zero attached hydrogens (tertiary/aromatic N) is 6. The van der Waals surface area contributed by atoms with Crippen LogP contribution in [0.15, 0.2) is 24.5 Å². The molecular formula is C30H40F2N6O. The molecule has 0 bridgehead atoms. The first-order chi connectivity index (χ1) is 18.8. The fourth-order valence-electron chi connectivity index (χ4n) is 6.40. The second kappa shape index (κ2) is 10.7. The van der Waals surface area contributed by atoms with Crippen molar-refractivity contribution in [2.24, 2.45) is 0 Å². The number of aryl methyl sites for hydroxylation is 1. The predicted octanol–water partition coefficient (Wildman–Crippen LogP) is 6.47. The summed E-state index contributed by atoms with van der Waals surface area (Å²) in [5.74, 6) is 0.948. The second-order valence-electron chi connectivity index (χ2n) is 11.8. The molecule has 3 aliphatic rings. The predicted molar refractivity (Wildman–Crippen MR) is 149 cm³/mol. The van der Waals surface area contributed by atoms with Crippen LogP contribution in [0.1, 0.15) is 87.9 Å². The Kier molecular flexibility index (Phi) is 7.22. The molecule has 210 valence electrons. The number of rotatable bonds is 6. The SMILES string of the molecule is CC(C)N1CCc2c(c(N3CCCc4cc(-c5cnn(C(C)C)c5)c(C(F)F)cc43)nn2C2CCOCC2)C1. The van der Waals surface area contributed by atoms with Gasteiger partial charge in [0.1, 0.15) is 0 Å². The van der Waals surface area contributed by atoms with Gasteiger partial charge in [-0.05, 0) is 76.6 Å². The summed E-state index contributed by atoms with van der Waals surface area (Å²) in [7, 11) is 0. The van der Waals surface area contributed by atoms with Crippen LogP contribution in [0.4, 0.5) is 20.3 Å². The summed E-state index contributed by atoms with van der Waals surface area (Å²) in [6.45, 7) is 12.7. The molecule has 3 aromatic rings. The zero-order chi connectivity index (χ0) is 27.3. The highest BCUT2D eigenvalue weighted by Crippen LogP contribution is 2.43. The molecule has 3 aliphatic heterocycles. The van der Waals surface area contributed by atoms with Crippen molar-refractivity contribution in [2.75, 3.05) is 31.2 Å². The van der Waals surface area contributed by atoms with Gasteiger partial charge in [-0.2, -0.15) is 10.2 Å². The van der Waals surface area contributed by atoms with Gasteiger partial charge < -0.3 is 9.64 Å². The smallest absolute Gasteiger partial charge is 0.264 e. The zero-order valence-electron chi connectivity index (χ0n) is 23.5. The minimum Gasteiger partial charge on any atom is -0.381 e. The van der Waals surface area contributed by atoms with E-state index in [4.69, 9.17) is 9.84 Å². The van der Waals surface area contributed by atoms with Crippen molar-refractivity contribution in [3.63, 3.8) is 0 Å². The lowest BCUT2D eigenvalue weighted by molar-refractivity contribution is 0.0649. The topological polar surface area (TPSA) is 51.3 Å². The first kappa shape index (κ1) is 26.4. The number of hydrogen-bond acceptors (Lipinski definition) is 5. The van der Waals surface area contributed by atoms with E-state index in [1.54, 1.807) is 12.3 Å². The van der Waals surface area contributed by atoms with Crippen molar-refractivity contribution >= 4 is 11.5 Å². The first-order valence-corrected chi connectivity index (χ1v) is 14.5. The maximum atomic E-state index is 14.6. The number of ether oxygens (including phenoxy) is 1. The van der Waals surface area contributed by atoms with Gasteiger partial charge in [0, 0.05) is 85.6 Å². The quantitative estimate of drug-likeness (QED) is 0.360. The van der Waals surface area contributed by atoms with Crippen LogP contribution in [-0.4, -0.2) is 56.8 Å². The summed E-state index contributed by atoms with van der Waals surface area (Å²) >= 11 is 0. The van der Waals surface area contributed by atoms with Gasteiger partial charge in [-0.1, -0.05) is 0 Å². The van der Waals surface area contributed by atoms with Crippen LogP contribution in [0.25, 0.3) is 11.1 Å². The minimum absolute atomic E-state index is 0.0606. The Bertz CT molecular complexity index is 1320. The molecule has 2 aromatic heterocycles. The second-order valence-corrected chi connectivity index (χ2v) is 11.8. The molecule has 1 saturated heterocycles. The molecular weight excluding hydrogens is 498 g/mol. The highest BCUT2D eigenvalue weighted by molar-refractivity contribution is 5.77. The lowest BCUT2D eigenvalue weighted by Gasteiger charge is -2.34. The number of fused-ring (bicyclic) bond motifs is 2. The van der Waals surface area contributed by atoms with E-state index in [-0.39, 0.29) is 11.6 Å². The van der Waals surface area contributed by atoms with E-state index < -0.39 is 6.43 Å². The molecule has 0 spiro atoms. The van der Waals surface area contributed by atoms with E-state index >= 15 is 0 Å². The fourth-order valence-corrected chi connectivity index (χ4v) is 6.40. The Hall–Kier alpha value is -2.78. The molecule has 0 aliphatic carbocycles. The first-order valence-electron chi connectivity index (χ1n) is 14.5. The van der Waals surface area contributed by atoms with Crippen LogP contribution in [0, 0.1) is 0 Å². The maximum Gasteiger partial charge on any atom is 0.264 e. The molecule has 9 heteroatoms. The monoisotopic (exact) mass is 538 g/mol. The third-order valence-electron chi connectivity index (χ3n) is 8.66. The summed E-state index contributed by atoms with van der Waals surface area (Å²) in [5.41, 5.74) is 5.93. The van der Waals surface area contributed by atoms with E-state index in [9.17, 15) is 8.78 Å². The third-order valence-corrected chi connectivity index (χ3v) is 8.66. The molecule has 0 saturated carbocycles. The van der Waals surface area contributed by atoms with Crippen molar-refractivity contribution in [1.82, 2.24) is 24.5 Å². The molecule has 0 atom stereocenters. The van der Waals surface area contributed by atoms with E-state index in [0.29, 0.717) is 17.6 Å². The number of halogens is 2. The van der Waals surface area contributed by atoms with Crippen LogP contribution in [0.5, 0.6) is 0 Å². The lowest BCUT2D eigenvalue weighted by Crippen LogP contribution is -2.37. The van der Waals surface area contributed by atoms with Gasteiger partial charge in [-0.3, -0.25) is 14.3 Å². The summed E-state index contributed by atoms with van der Waals surface area (Å²) in [6, 6.07) is 4.64. The molecule has 39 heavy (non-hydrogen) atoms. The Morgan fingerprint density at radius 1 is 1.00 bits per heavy atom. The van der Waals surface area contributed by atoms with E-state index in [0.717, 1.165) is 87.6 Å². The maximum absolute atomic E-state index is 14.6. The van der Waals surface area contributed by atoms with Gasteiger partial charge in [0.15, 0.2) is 5.82 Å². The third kappa shape index (κ3) is 4.88. The normalized spacial score (nSPS) is 18.8. The van der Waals surface area contributed by atoms with Crippen molar-refractivity contribution in [1.29, 1.82) is 0 Å². The van der Waals surface area contributed by atoms with Crippen molar-refractivity contribution in [3.05, 3.63) is 46.9 Å². The Morgan fingerprint density at radius 2 is 1.79 bits per heavy atom. The summed E-state index contributed by atoms with van der Waals surface area (Å²) in [6.07, 6.45) is 5.70. The van der Waals surface area contributed by atoms with Gasteiger partial charge in [-0.15, -0.1) is 0 Å². The Morgan fingerprint density at radius 3 is 2.49 bits per heavy atom. The van der Waals surface area contributed by atoms with Crippen molar-refractivity contribution < 1.29 is 13.5 Å². The lowest BCUT2D eigenvalue weighted by atomic mass is 9.92. The minimum atomic E-state index is -2.58. The average Bonchev–Trinajstić information content (AvgIpc) is 3.58. The Balaban J connectivity index is 1.45. The molecule has 7 nitrogen and oxygen atoms in total. The molecule has 0 N–H and O–H groups in total. The zero-order valence-corrected chi connectivity index (χ0v) is 23.5. The molecule has 1 aromatic carbocycles. The number of benzene rings is 1. The van der Waals surface area contributed by atoms with Crippen LogP contribution >= 0.6 is 0 Å². The average molecular weight is 539 g/mol. The molecule has 5 heterocycles. The van der Waals surface area contributed by atoms with E-state index in [1.807, 2.05) is 30.8 Å². The number of alkyl halides is 2. The van der Waals surface area contributed by atoms with Crippen LogP contribution in [0.3, 0.4) is 0 Å². The summed E-state index contributed by atoms with van der Waals surface area (Å²) in [4.78, 5) is 4.72. The van der Waals surface area contributed by atoms with Crippen LogP contribution in [-0.2, 0) is 24.1 Å². The van der Waals surface area contributed by atoms with Crippen molar-refractivity contribution in [3.8, 4) is 11.1 Å². The largest absolute Gasteiger partial charge is 0.381 e. The van der Waals surface area contributed by atoms with Gasteiger partial charge >= 0.3 is 0 Å². The number of anilines is 2.